The summed E-state index contributed by atoms with van der Waals surface area (Å²) in [5.74, 6) is 0. The zero-order valence-corrected chi connectivity index (χ0v) is 17.4. The van der Waals surface area contributed by atoms with Crippen molar-refractivity contribution in [3.8, 4) is 0 Å². The fourth-order valence-corrected chi connectivity index (χ4v) is 5.51. The van der Waals surface area contributed by atoms with E-state index in [0.29, 0.717) is 0 Å². The number of para-hydroxylation sites is 2. The molecule has 148 valence electrons. The summed E-state index contributed by atoms with van der Waals surface area (Å²) in [4.78, 5) is 4.91. The van der Waals surface area contributed by atoms with Crippen LogP contribution in [0.2, 0.25) is 0 Å². The van der Waals surface area contributed by atoms with Crippen LogP contribution in [0.1, 0.15) is 22.5 Å². The van der Waals surface area contributed by atoms with E-state index in [1.807, 2.05) is 0 Å². The number of benzene rings is 2. The minimum absolute atomic E-state index is 0.896. The Balaban J connectivity index is 1.58. The summed E-state index contributed by atoms with van der Waals surface area (Å²) < 4.78 is 5.17. The maximum Gasteiger partial charge on any atom is 0.0995 e. The largest absolute Gasteiger partial charge is 0.324 e. The molecule has 0 amide bonds. The minimum Gasteiger partial charge on any atom is -0.324 e. The maximum absolute atomic E-state index is 2.58. The SMILES string of the molecule is CN1CCc2c(n(Cn3c4c(c5ccccc53)CCN(C)C4)c3ccccc23)C1. The lowest BCUT2D eigenvalue weighted by Gasteiger charge is -2.27. The Morgan fingerprint density at radius 2 is 1.10 bits per heavy atom. The van der Waals surface area contributed by atoms with E-state index in [1.54, 1.807) is 11.1 Å². The van der Waals surface area contributed by atoms with Crippen molar-refractivity contribution in [3.05, 3.63) is 71.0 Å². The molecule has 2 aromatic carbocycles. The van der Waals surface area contributed by atoms with E-state index in [-0.39, 0.29) is 0 Å². The Kier molecular flexibility index (Phi) is 3.87. The average Bonchev–Trinajstić information content (AvgIpc) is 3.21. The molecule has 2 aromatic heterocycles. The molecule has 4 heterocycles. The van der Waals surface area contributed by atoms with Gasteiger partial charge in [-0.3, -0.25) is 0 Å². The molecule has 2 aliphatic rings. The van der Waals surface area contributed by atoms with Crippen LogP contribution in [0.4, 0.5) is 0 Å². The van der Waals surface area contributed by atoms with Gasteiger partial charge in [-0.15, -0.1) is 0 Å². The first-order valence-electron chi connectivity index (χ1n) is 10.8. The third-order valence-electron chi connectivity index (χ3n) is 7.00. The van der Waals surface area contributed by atoms with Crippen LogP contribution in [-0.4, -0.2) is 46.1 Å². The van der Waals surface area contributed by atoms with Crippen molar-refractivity contribution in [2.75, 3.05) is 27.2 Å². The van der Waals surface area contributed by atoms with Crippen LogP contribution < -0.4 is 0 Å². The van der Waals surface area contributed by atoms with E-state index >= 15 is 0 Å². The first-order valence-corrected chi connectivity index (χ1v) is 10.8. The van der Waals surface area contributed by atoms with E-state index in [9.17, 15) is 0 Å². The van der Waals surface area contributed by atoms with Gasteiger partial charge in [0.15, 0.2) is 0 Å². The second-order valence-corrected chi connectivity index (χ2v) is 8.86. The molecule has 6 rings (SSSR count). The summed E-state index contributed by atoms with van der Waals surface area (Å²) in [6, 6.07) is 18.0. The van der Waals surface area contributed by atoms with Crippen LogP contribution in [0.5, 0.6) is 0 Å². The topological polar surface area (TPSA) is 16.3 Å². The molecule has 0 saturated carbocycles. The highest BCUT2D eigenvalue weighted by molar-refractivity contribution is 5.87. The monoisotopic (exact) mass is 384 g/mol. The average molecular weight is 385 g/mol. The van der Waals surface area contributed by atoms with Gasteiger partial charge >= 0.3 is 0 Å². The predicted octanol–water partition coefficient (Wildman–Crippen LogP) is 4.08. The van der Waals surface area contributed by atoms with Gasteiger partial charge in [-0.05, 0) is 50.2 Å². The third kappa shape index (κ3) is 2.59. The fraction of sp³-hybridized carbons (Fsp3) is 0.360. The second kappa shape index (κ2) is 6.48. The first kappa shape index (κ1) is 17.3. The fourth-order valence-electron chi connectivity index (χ4n) is 5.51. The zero-order chi connectivity index (χ0) is 19.5. The zero-order valence-electron chi connectivity index (χ0n) is 17.4. The molecule has 0 aliphatic carbocycles. The highest BCUT2D eigenvalue weighted by atomic mass is 15.2. The van der Waals surface area contributed by atoms with E-state index in [1.165, 1.54) is 33.2 Å². The number of hydrogen-bond donors (Lipinski definition) is 0. The number of aromatic nitrogens is 2. The van der Waals surface area contributed by atoms with Crippen molar-refractivity contribution in [1.29, 1.82) is 0 Å². The molecule has 4 aromatic rings. The standard InChI is InChI=1S/C25H28N4/c1-26-13-11-20-18-7-3-5-9-22(18)28(24(20)15-26)17-29-23-10-6-4-8-19(23)21-12-14-27(2)16-25(21)29/h3-10H,11-17H2,1-2H3. The Morgan fingerprint density at radius 3 is 1.59 bits per heavy atom. The van der Waals surface area contributed by atoms with Crippen LogP contribution in [-0.2, 0) is 32.6 Å². The van der Waals surface area contributed by atoms with Crippen molar-refractivity contribution in [1.82, 2.24) is 18.9 Å². The predicted molar refractivity (Wildman–Crippen MR) is 119 cm³/mol. The molecular formula is C25H28N4. The van der Waals surface area contributed by atoms with Gasteiger partial charge in [0.25, 0.3) is 0 Å². The van der Waals surface area contributed by atoms with E-state index in [0.717, 1.165) is 45.7 Å². The van der Waals surface area contributed by atoms with E-state index in [4.69, 9.17) is 0 Å². The van der Waals surface area contributed by atoms with Crippen LogP contribution >= 0.6 is 0 Å². The molecule has 0 unspecified atom stereocenters. The van der Waals surface area contributed by atoms with Crippen LogP contribution in [0.25, 0.3) is 21.8 Å². The minimum atomic E-state index is 0.896. The summed E-state index contributed by atoms with van der Waals surface area (Å²) in [5.41, 5.74) is 8.86. The molecular weight excluding hydrogens is 356 g/mol. The molecule has 0 N–H and O–H groups in total. The number of fused-ring (bicyclic) bond motifs is 6. The summed E-state index contributed by atoms with van der Waals surface area (Å²) in [7, 11) is 4.49. The van der Waals surface area contributed by atoms with E-state index < -0.39 is 0 Å². The van der Waals surface area contributed by atoms with Crippen molar-refractivity contribution in [3.63, 3.8) is 0 Å². The number of nitrogens with zero attached hydrogens (tertiary/aromatic N) is 4. The lowest BCUT2D eigenvalue weighted by Crippen LogP contribution is -2.30. The summed E-state index contributed by atoms with van der Waals surface area (Å²) in [6.07, 6.45) is 2.29. The van der Waals surface area contributed by atoms with Gasteiger partial charge in [0, 0.05) is 48.3 Å². The Labute approximate surface area is 171 Å². The van der Waals surface area contributed by atoms with Crippen molar-refractivity contribution < 1.29 is 0 Å². The molecule has 0 spiro atoms. The molecule has 2 aliphatic heterocycles. The van der Waals surface area contributed by atoms with Crippen LogP contribution in [0.15, 0.2) is 48.5 Å². The number of rotatable bonds is 2. The van der Waals surface area contributed by atoms with Gasteiger partial charge < -0.3 is 18.9 Å². The van der Waals surface area contributed by atoms with Crippen LogP contribution in [0, 0.1) is 0 Å². The van der Waals surface area contributed by atoms with Gasteiger partial charge in [-0.25, -0.2) is 0 Å². The molecule has 0 atom stereocenters. The smallest absolute Gasteiger partial charge is 0.0995 e. The normalized spacial score (nSPS) is 17.7. The molecule has 0 saturated heterocycles. The van der Waals surface area contributed by atoms with Gasteiger partial charge in [0.05, 0.1) is 17.7 Å². The first-order chi connectivity index (χ1) is 14.2. The van der Waals surface area contributed by atoms with Crippen LogP contribution in [0.3, 0.4) is 0 Å². The highest BCUT2D eigenvalue weighted by Gasteiger charge is 2.25. The Bertz CT molecular complexity index is 1130. The molecule has 4 nitrogen and oxygen atoms in total. The summed E-state index contributed by atoms with van der Waals surface area (Å²) in [6.45, 7) is 5.26. The van der Waals surface area contributed by atoms with Crippen molar-refractivity contribution in [2.24, 2.45) is 0 Å². The quantitative estimate of drug-likeness (QED) is 0.518. The number of likely N-dealkylation sites (N-methyl/N-ethyl adjacent to an activating group) is 2. The molecule has 4 heteroatoms. The Morgan fingerprint density at radius 1 is 0.655 bits per heavy atom. The lowest BCUT2D eigenvalue weighted by molar-refractivity contribution is 0.294. The summed E-state index contributed by atoms with van der Waals surface area (Å²) in [5, 5.41) is 2.89. The van der Waals surface area contributed by atoms with Crippen molar-refractivity contribution in [2.45, 2.75) is 32.6 Å². The van der Waals surface area contributed by atoms with Gasteiger partial charge in [0.1, 0.15) is 0 Å². The summed E-state index contributed by atoms with van der Waals surface area (Å²) >= 11 is 0. The Hall–Kier alpha value is -2.56. The third-order valence-corrected chi connectivity index (χ3v) is 7.00. The van der Waals surface area contributed by atoms with Gasteiger partial charge in [-0.2, -0.15) is 0 Å². The number of hydrogen-bond acceptors (Lipinski definition) is 2. The van der Waals surface area contributed by atoms with Gasteiger partial charge in [-0.1, -0.05) is 36.4 Å². The van der Waals surface area contributed by atoms with E-state index in [2.05, 4.69) is 81.6 Å². The highest BCUT2D eigenvalue weighted by Crippen LogP contribution is 2.34. The lowest BCUT2D eigenvalue weighted by atomic mass is 10.0. The molecule has 0 radical (unpaired) electrons. The van der Waals surface area contributed by atoms with Crippen molar-refractivity contribution >= 4 is 21.8 Å². The van der Waals surface area contributed by atoms with Gasteiger partial charge in [0.2, 0.25) is 0 Å². The second-order valence-electron chi connectivity index (χ2n) is 8.86. The molecule has 0 fully saturated rings. The molecule has 0 bridgehead atoms. The maximum atomic E-state index is 2.58. The molecule has 29 heavy (non-hydrogen) atoms.